The second-order valence-electron chi connectivity index (χ2n) is 7.39. The number of furan rings is 1. The molecule has 3 nitrogen and oxygen atoms in total. The van der Waals surface area contributed by atoms with Gasteiger partial charge in [-0.05, 0) is 54.4 Å². The Hall–Kier alpha value is -3.40. The number of hydrogen-bond donors (Lipinski definition) is 1. The van der Waals surface area contributed by atoms with E-state index in [0.717, 1.165) is 23.9 Å². The van der Waals surface area contributed by atoms with Crippen LogP contribution in [0.4, 0.5) is 10.1 Å². The molecule has 1 N–H and O–H groups in total. The Morgan fingerprint density at radius 2 is 1.77 bits per heavy atom. The number of carbonyl (C=O) groups is 1. The molecule has 30 heavy (non-hydrogen) atoms. The summed E-state index contributed by atoms with van der Waals surface area (Å²) in [7, 11) is 0. The lowest BCUT2D eigenvalue weighted by atomic mass is 9.98. The molecule has 4 heteroatoms. The van der Waals surface area contributed by atoms with Gasteiger partial charge in [-0.1, -0.05) is 43.7 Å². The zero-order chi connectivity index (χ0) is 20.9. The number of nitrogens with one attached hydrogen (secondary N) is 1. The maximum absolute atomic E-state index is 13.3. The summed E-state index contributed by atoms with van der Waals surface area (Å²) in [6, 6.07) is 21.7. The van der Waals surface area contributed by atoms with Crippen molar-refractivity contribution in [2.45, 2.75) is 32.7 Å². The third-order valence-corrected chi connectivity index (χ3v) is 5.19. The van der Waals surface area contributed by atoms with Gasteiger partial charge in [0.05, 0.1) is 5.56 Å². The molecule has 0 fully saturated rings. The molecule has 152 valence electrons. The van der Waals surface area contributed by atoms with E-state index in [1.165, 1.54) is 29.8 Å². The van der Waals surface area contributed by atoms with E-state index in [0.29, 0.717) is 35.4 Å². The number of halogens is 1. The van der Waals surface area contributed by atoms with E-state index in [1.807, 2.05) is 36.4 Å². The molecule has 0 bridgehead atoms. The van der Waals surface area contributed by atoms with E-state index >= 15 is 0 Å². The van der Waals surface area contributed by atoms with Crippen molar-refractivity contribution in [3.63, 3.8) is 0 Å². The largest absolute Gasteiger partial charge is 0.460 e. The second-order valence-corrected chi connectivity index (χ2v) is 7.39. The number of carbonyl (C=O) groups excluding carboxylic acids is 1. The Kier molecular flexibility index (Phi) is 5.94. The van der Waals surface area contributed by atoms with Gasteiger partial charge in [0.15, 0.2) is 5.78 Å². The fraction of sp³-hybridized carbons (Fsp3) is 0.192. The molecule has 3 aromatic carbocycles. The Bertz CT molecular complexity index is 1150. The van der Waals surface area contributed by atoms with E-state index in [2.05, 4.69) is 24.4 Å². The normalized spacial score (nSPS) is 11.0. The van der Waals surface area contributed by atoms with Crippen LogP contribution in [0.3, 0.4) is 0 Å². The average Bonchev–Trinajstić information content (AvgIpc) is 3.14. The van der Waals surface area contributed by atoms with Crippen molar-refractivity contribution >= 4 is 22.4 Å². The van der Waals surface area contributed by atoms with Gasteiger partial charge in [-0.25, -0.2) is 4.39 Å². The third-order valence-electron chi connectivity index (χ3n) is 5.19. The Labute approximate surface area is 175 Å². The molecule has 1 heterocycles. The van der Waals surface area contributed by atoms with Crippen LogP contribution in [0.5, 0.6) is 0 Å². The molecule has 0 saturated carbocycles. The highest BCUT2D eigenvalue weighted by Gasteiger charge is 2.22. The van der Waals surface area contributed by atoms with Crippen LogP contribution < -0.4 is 5.32 Å². The molecule has 4 rings (SSSR count). The molecular formula is C26H24FNO2. The molecule has 0 aliphatic carbocycles. The zero-order valence-electron chi connectivity index (χ0n) is 17.0. The summed E-state index contributed by atoms with van der Waals surface area (Å²) in [5.41, 5.74) is 3.82. The summed E-state index contributed by atoms with van der Waals surface area (Å²) >= 11 is 0. The number of rotatable bonds is 8. The number of hydrogen-bond acceptors (Lipinski definition) is 3. The van der Waals surface area contributed by atoms with Crippen molar-refractivity contribution in [1.29, 1.82) is 0 Å². The van der Waals surface area contributed by atoms with Gasteiger partial charge in [0.1, 0.15) is 17.2 Å². The number of ketones is 1. The monoisotopic (exact) mass is 401 g/mol. The molecule has 0 unspecified atom stereocenters. The van der Waals surface area contributed by atoms with E-state index in [9.17, 15) is 9.18 Å². The SMILES string of the molecule is CCCCc1oc2ccc(NCc3ccccc3)cc2c1C(=O)c1ccc(F)cc1. The van der Waals surface area contributed by atoms with Crippen molar-refractivity contribution in [2.75, 3.05) is 5.32 Å². The van der Waals surface area contributed by atoms with E-state index < -0.39 is 0 Å². The topological polar surface area (TPSA) is 42.2 Å². The lowest BCUT2D eigenvalue weighted by Crippen LogP contribution is -2.04. The minimum absolute atomic E-state index is 0.139. The van der Waals surface area contributed by atoms with Crippen LogP contribution in [0, 0.1) is 5.82 Å². The lowest BCUT2D eigenvalue weighted by molar-refractivity contribution is 0.103. The summed E-state index contributed by atoms with van der Waals surface area (Å²) in [6.07, 6.45) is 2.63. The van der Waals surface area contributed by atoms with Gasteiger partial charge < -0.3 is 9.73 Å². The maximum atomic E-state index is 13.3. The Balaban J connectivity index is 1.71. The quantitative estimate of drug-likeness (QED) is 0.332. The molecule has 0 saturated heterocycles. The van der Waals surface area contributed by atoms with Crippen molar-refractivity contribution < 1.29 is 13.6 Å². The van der Waals surface area contributed by atoms with Gasteiger partial charge in [0.25, 0.3) is 0 Å². The molecule has 0 aliphatic heterocycles. The second kappa shape index (κ2) is 8.95. The highest BCUT2D eigenvalue weighted by Crippen LogP contribution is 2.32. The molecule has 1 aromatic heterocycles. The molecule has 0 atom stereocenters. The standard InChI is InChI=1S/C26H24FNO2/c1-2-3-9-24-25(26(29)19-10-12-20(27)13-11-19)22-16-21(14-15-23(22)30-24)28-17-18-7-5-4-6-8-18/h4-8,10-16,28H,2-3,9,17H2,1H3. The number of anilines is 1. The predicted octanol–water partition coefficient (Wildman–Crippen LogP) is 6.76. The first-order valence-corrected chi connectivity index (χ1v) is 10.3. The van der Waals surface area contributed by atoms with Gasteiger partial charge in [-0.2, -0.15) is 0 Å². The van der Waals surface area contributed by atoms with Gasteiger partial charge in [-0.15, -0.1) is 0 Å². The third kappa shape index (κ3) is 4.28. The van der Waals surface area contributed by atoms with Crippen LogP contribution in [0.1, 0.15) is 47.0 Å². The van der Waals surface area contributed by atoms with Crippen LogP contribution >= 0.6 is 0 Å². The van der Waals surface area contributed by atoms with Crippen molar-refractivity contribution in [3.05, 3.63) is 101 Å². The summed E-state index contributed by atoms with van der Waals surface area (Å²) in [5, 5.41) is 4.20. The number of fused-ring (bicyclic) bond motifs is 1. The summed E-state index contributed by atoms with van der Waals surface area (Å²) in [4.78, 5) is 13.3. The fourth-order valence-corrected chi connectivity index (χ4v) is 3.57. The maximum Gasteiger partial charge on any atom is 0.197 e. The van der Waals surface area contributed by atoms with Crippen molar-refractivity contribution in [2.24, 2.45) is 0 Å². The summed E-state index contributed by atoms with van der Waals surface area (Å²) < 4.78 is 19.4. The van der Waals surface area contributed by atoms with Crippen LogP contribution in [-0.2, 0) is 13.0 Å². The van der Waals surface area contributed by atoms with Crippen LogP contribution in [0.25, 0.3) is 11.0 Å². The van der Waals surface area contributed by atoms with Crippen molar-refractivity contribution in [3.8, 4) is 0 Å². The number of unbranched alkanes of at least 4 members (excludes halogenated alkanes) is 1. The molecule has 0 radical (unpaired) electrons. The molecule has 0 amide bonds. The average molecular weight is 401 g/mol. The van der Waals surface area contributed by atoms with E-state index in [4.69, 9.17) is 4.42 Å². The summed E-state index contributed by atoms with van der Waals surface area (Å²) in [5.74, 6) is 0.198. The van der Waals surface area contributed by atoms with E-state index in [1.54, 1.807) is 0 Å². The minimum Gasteiger partial charge on any atom is -0.460 e. The fourth-order valence-electron chi connectivity index (χ4n) is 3.57. The Morgan fingerprint density at radius 3 is 2.50 bits per heavy atom. The Morgan fingerprint density at radius 1 is 1.00 bits per heavy atom. The number of aryl methyl sites for hydroxylation is 1. The molecule has 4 aromatic rings. The highest BCUT2D eigenvalue weighted by molar-refractivity contribution is 6.17. The summed E-state index contributed by atoms with van der Waals surface area (Å²) in [6.45, 7) is 2.80. The molecular weight excluding hydrogens is 377 g/mol. The first kappa shape index (κ1) is 19.9. The van der Waals surface area contributed by atoms with Crippen LogP contribution in [0.2, 0.25) is 0 Å². The lowest BCUT2D eigenvalue weighted by Gasteiger charge is -2.07. The van der Waals surface area contributed by atoms with E-state index in [-0.39, 0.29) is 11.6 Å². The van der Waals surface area contributed by atoms with Gasteiger partial charge >= 0.3 is 0 Å². The minimum atomic E-state index is -0.359. The number of benzene rings is 3. The van der Waals surface area contributed by atoms with Gasteiger partial charge in [0.2, 0.25) is 0 Å². The van der Waals surface area contributed by atoms with Crippen LogP contribution in [0.15, 0.2) is 77.2 Å². The van der Waals surface area contributed by atoms with Gasteiger partial charge in [-0.3, -0.25) is 4.79 Å². The highest BCUT2D eigenvalue weighted by atomic mass is 19.1. The first-order chi connectivity index (χ1) is 14.7. The molecule has 0 aliphatic rings. The van der Waals surface area contributed by atoms with Crippen molar-refractivity contribution in [1.82, 2.24) is 0 Å². The van der Waals surface area contributed by atoms with Gasteiger partial charge in [0, 0.05) is 29.6 Å². The first-order valence-electron chi connectivity index (χ1n) is 10.3. The smallest absolute Gasteiger partial charge is 0.197 e. The molecule has 0 spiro atoms. The zero-order valence-corrected chi connectivity index (χ0v) is 17.0. The van der Waals surface area contributed by atoms with Crippen LogP contribution in [-0.4, -0.2) is 5.78 Å². The predicted molar refractivity (Wildman–Crippen MR) is 118 cm³/mol.